The normalized spacial score (nSPS) is 11.7. The molecule has 2 N–H and O–H groups in total. The summed E-state index contributed by atoms with van der Waals surface area (Å²) in [7, 11) is 0. The van der Waals surface area contributed by atoms with Gasteiger partial charge in [-0.2, -0.15) is 0 Å². The van der Waals surface area contributed by atoms with Gasteiger partial charge in [-0.05, 0) is 70.9 Å². The van der Waals surface area contributed by atoms with Crippen LogP contribution < -0.4 is 10.5 Å². The number of ether oxygens (including phenoxy) is 1. The summed E-state index contributed by atoms with van der Waals surface area (Å²) in [5.41, 5.74) is 15.8. The van der Waals surface area contributed by atoms with E-state index >= 15 is 0 Å². The van der Waals surface area contributed by atoms with E-state index in [1.165, 1.54) is 44.5 Å². The molecule has 34 heavy (non-hydrogen) atoms. The molecule has 0 aliphatic rings. The zero-order valence-electron chi connectivity index (χ0n) is 20.1. The first-order chi connectivity index (χ1) is 16.7. The van der Waals surface area contributed by atoms with Crippen molar-refractivity contribution in [3.05, 3.63) is 137 Å². The number of hydrogen-bond donors (Lipinski definition) is 1. The van der Waals surface area contributed by atoms with Gasteiger partial charge in [-0.3, -0.25) is 0 Å². The van der Waals surface area contributed by atoms with Crippen molar-refractivity contribution in [2.45, 2.75) is 26.7 Å². The topological polar surface area (TPSA) is 35.2 Å². The molecule has 2 nitrogen and oxygen atoms in total. The third-order valence-corrected chi connectivity index (χ3v) is 6.08. The fraction of sp³-hybridized carbons (Fsp3) is 0.188. The van der Waals surface area contributed by atoms with E-state index in [0.717, 1.165) is 18.6 Å². The van der Waals surface area contributed by atoms with Crippen LogP contribution in [0.5, 0.6) is 5.75 Å². The molecule has 0 spiro atoms. The van der Waals surface area contributed by atoms with Crippen molar-refractivity contribution >= 4 is 11.1 Å². The second kappa shape index (κ2) is 11.5. The third-order valence-electron chi connectivity index (χ3n) is 6.08. The minimum atomic E-state index is 0.510. The molecule has 4 aromatic carbocycles. The van der Waals surface area contributed by atoms with Crippen molar-refractivity contribution < 1.29 is 4.74 Å². The Hall–Kier alpha value is -3.62. The summed E-state index contributed by atoms with van der Waals surface area (Å²) in [6.45, 7) is 5.40. The summed E-state index contributed by atoms with van der Waals surface area (Å²) in [5, 5.41) is 0. The lowest BCUT2D eigenvalue weighted by molar-refractivity contribution is 0.328. The van der Waals surface area contributed by atoms with E-state index in [0.29, 0.717) is 13.2 Å². The Morgan fingerprint density at radius 2 is 1.24 bits per heavy atom. The number of rotatable bonds is 9. The maximum atomic E-state index is 5.71. The summed E-state index contributed by atoms with van der Waals surface area (Å²) < 4.78 is 5.71. The summed E-state index contributed by atoms with van der Waals surface area (Å²) in [5.74, 6) is 0.847. The molecule has 4 rings (SSSR count). The average molecular weight is 448 g/mol. The molecule has 0 aliphatic heterocycles. The van der Waals surface area contributed by atoms with Crippen LogP contribution in [0.25, 0.3) is 11.1 Å². The highest BCUT2D eigenvalue weighted by molar-refractivity contribution is 5.98. The molecule has 4 aromatic rings. The Bertz CT molecular complexity index is 1210. The molecule has 0 radical (unpaired) electrons. The summed E-state index contributed by atoms with van der Waals surface area (Å²) in [6.07, 6.45) is 1.88. The number of aryl methyl sites for hydroxylation is 1. The van der Waals surface area contributed by atoms with Gasteiger partial charge in [-0.15, -0.1) is 0 Å². The van der Waals surface area contributed by atoms with E-state index in [1.807, 2.05) is 12.1 Å². The van der Waals surface area contributed by atoms with Gasteiger partial charge in [0.15, 0.2) is 0 Å². The smallest absolute Gasteiger partial charge is 0.119 e. The van der Waals surface area contributed by atoms with Gasteiger partial charge in [0, 0.05) is 6.54 Å². The quantitative estimate of drug-likeness (QED) is 0.273. The van der Waals surface area contributed by atoms with Crippen LogP contribution in [0.4, 0.5) is 0 Å². The van der Waals surface area contributed by atoms with E-state index in [-0.39, 0.29) is 0 Å². The molecule has 0 atom stereocenters. The Morgan fingerprint density at radius 1 is 0.676 bits per heavy atom. The third kappa shape index (κ3) is 5.84. The summed E-state index contributed by atoms with van der Waals surface area (Å²) in [4.78, 5) is 0. The van der Waals surface area contributed by atoms with Crippen LogP contribution in [0, 0.1) is 6.92 Å². The number of allylic oxidation sites excluding steroid dienone is 1. The van der Waals surface area contributed by atoms with Crippen LogP contribution in [0.2, 0.25) is 0 Å². The van der Waals surface area contributed by atoms with Crippen LogP contribution in [0.1, 0.15) is 46.7 Å². The predicted octanol–water partition coefficient (Wildman–Crippen LogP) is 7.29. The molecule has 2 heteroatoms. The van der Waals surface area contributed by atoms with E-state index in [9.17, 15) is 0 Å². The van der Waals surface area contributed by atoms with E-state index in [2.05, 4.69) is 105 Å². The van der Waals surface area contributed by atoms with Gasteiger partial charge in [-0.25, -0.2) is 0 Å². The first-order valence-electron chi connectivity index (χ1n) is 12.0. The molecule has 0 fully saturated rings. The standard InChI is InChI=1S/C32H33NO/c1-3-31(27-13-9-24(2)10-14-27)32(29-17-19-30(20-18-29)34-22-21-33)28-15-11-26(12-16-28)23-25-7-5-4-6-8-25/h4-20H,3,21-23,33H2,1-2H3/b32-31-. The second-order valence-corrected chi connectivity index (χ2v) is 8.59. The highest BCUT2D eigenvalue weighted by atomic mass is 16.5. The lowest BCUT2D eigenvalue weighted by atomic mass is 9.87. The SMILES string of the molecule is CC/C(=C(\c1ccc(Cc2ccccc2)cc1)c1ccc(OCCN)cc1)c1ccc(C)cc1. The van der Waals surface area contributed by atoms with Crippen molar-refractivity contribution in [1.82, 2.24) is 0 Å². The number of nitrogens with two attached hydrogens (primary N) is 1. The number of benzene rings is 4. The monoisotopic (exact) mass is 447 g/mol. The van der Waals surface area contributed by atoms with E-state index in [4.69, 9.17) is 10.5 Å². The molecule has 0 aromatic heterocycles. The van der Waals surface area contributed by atoms with Crippen LogP contribution >= 0.6 is 0 Å². The zero-order chi connectivity index (χ0) is 23.8. The molecule has 0 aliphatic carbocycles. The van der Waals surface area contributed by atoms with Gasteiger partial charge in [0.2, 0.25) is 0 Å². The minimum Gasteiger partial charge on any atom is -0.492 e. The van der Waals surface area contributed by atoms with Crippen molar-refractivity contribution in [1.29, 1.82) is 0 Å². The van der Waals surface area contributed by atoms with Crippen LogP contribution in [0.15, 0.2) is 103 Å². The predicted molar refractivity (Wildman–Crippen MR) is 144 cm³/mol. The van der Waals surface area contributed by atoms with Crippen LogP contribution in [0.3, 0.4) is 0 Å². The maximum absolute atomic E-state index is 5.71. The highest BCUT2D eigenvalue weighted by Crippen LogP contribution is 2.35. The lowest BCUT2D eigenvalue weighted by Crippen LogP contribution is -2.10. The molecule has 0 amide bonds. The largest absolute Gasteiger partial charge is 0.492 e. The van der Waals surface area contributed by atoms with Gasteiger partial charge < -0.3 is 10.5 Å². The van der Waals surface area contributed by atoms with Gasteiger partial charge in [0.1, 0.15) is 12.4 Å². The van der Waals surface area contributed by atoms with Gasteiger partial charge in [0.05, 0.1) is 0 Å². The van der Waals surface area contributed by atoms with Gasteiger partial charge in [-0.1, -0.05) is 103 Å². The zero-order valence-corrected chi connectivity index (χ0v) is 20.1. The molecule has 172 valence electrons. The molecule has 0 bridgehead atoms. The Kier molecular flexibility index (Phi) is 7.95. The first kappa shape index (κ1) is 23.5. The molecule has 0 saturated heterocycles. The minimum absolute atomic E-state index is 0.510. The molecular formula is C32H33NO. The van der Waals surface area contributed by atoms with Crippen molar-refractivity contribution in [2.75, 3.05) is 13.2 Å². The molecule has 0 saturated carbocycles. The van der Waals surface area contributed by atoms with Gasteiger partial charge >= 0.3 is 0 Å². The Morgan fingerprint density at radius 3 is 1.82 bits per heavy atom. The van der Waals surface area contributed by atoms with E-state index in [1.54, 1.807) is 0 Å². The highest BCUT2D eigenvalue weighted by Gasteiger charge is 2.14. The van der Waals surface area contributed by atoms with Crippen molar-refractivity contribution in [3.8, 4) is 5.75 Å². The van der Waals surface area contributed by atoms with Crippen molar-refractivity contribution in [2.24, 2.45) is 5.73 Å². The lowest BCUT2D eigenvalue weighted by Gasteiger charge is -2.17. The number of hydrogen-bond acceptors (Lipinski definition) is 2. The van der Waals surface area contributed by atoms with Crippen molar-refractivity contribution in [3.63, 3.8) is 0 Å². The summed E-state index contributed by atoms with van der Waals surface area (Å²) in [6, 6.07) is 36.9. The summed E-state index contributed by atoms with van der Waals surface area (Å²) >= 11 is 0. The Balaban J connectivity index is 1.75. The first-order valence-corrected chi connectivity index (χ1v) is 12.0. The van der Waals surface area contributed by atoms with Crippen LogP contribution in [-0.4, -0.2) is 13.2 Å². The Labute approximate surface area is 203 Å². The fourth-order valence-corrected chi connectivity index (χ4v) is 4.31. The molecule has 0 unspecified atom stereocenters. The second-order valence-electron chi connectivity index (χ2n) is 8.59. The fourth-order valence-electron chi connectivity index (χ4n) is 4.31. The van der Waals surface area contributed by atoms with E-state index < -0.39 is 0 Å². The average Bonchev–Trinajstić information content (AvgIpc) is 2.88. The van der Waals surface area contributed by atoms with Crippen LogP contribution in [-0.2, 0) is 6.42 Å². The van der Waals surface area contributed by atoms with Gasteiger partial charge in [0.25, 0.3) is 0 Å². The molecule has 0 heterocycles. The maximum Gasteiger partial charge on any atom is 0.119 e. The molecular weight excluding hydrogens is 414 g/mol.